The molecule has 32 heavy (non-hydrogen) atoms. The van der Waals surface area contributed by atoms with Gasteiger partial charge in [-0.15, -0.1) is 0 Å². The minimum atomic E-state index is -0.732. The van der Waals surface area contributed by atoms with E-state index in [4.69, 9.17) is 9.15 Å². The van der Waals surface area contributed by atoms with E-state index < -0.39 is 23.4 Å². The van der Waals surface area contributed by atoms with Crippen molar-refractivity contribution >= 4 is 34.2 Å². The smallest absolute Gasteiger partial charge is 0.339 e. The third-order valence-corrected chi connectivity index (χ3v) is 4.67. The van der Waals surface area contributed by atoms with Gasteiger partial charge in [0, 0.05) is 11.5 Å². The maximum atomic E-state index is 12.8. The topological polar surface area (TPSA) is 125 Å². The Balaban J connectivity index is 1.53. The van der Waals surface area contributed by atoms with Gasteiger partial charge in [-0.1, -0.05) is 24.3 Å². The predicted molar refractivity (Wildman–Crippen MR) is 116 cm³/mol. The number of nitro groups is 1. The summed E-state index contributed by atoms with van der Waals surface area (Å²) < 4.78 is 10.6. The Morgan fingerprint density at radius 2 is 1.94 bits per heavy atom. The van der Waals surface area contributed by atoms with E-state index in [-0.39, 0.29) is 16.9 Å². The average molecular weight is 431 g/mol. The summed E-state index contributed by atoms with van der Waals surface area (Å²) in [5.74, 6) is -0.950. The highest BCUT2D eigenvalue weighted by Crippen LogP contribution is 2.27. The van der Waals surface area contributed by atoms with Crippen molar-refractivity contribution in [2.24, 2.45) is 0 Å². The van der Waals surface area contributed by atoms with E-state index in [0.29, 0.717) is 27.9 Å². The standard InChI is InChI=1S/C23H17N3O6/c1-14-8-9-18(20(11-14)26(29)30)25-22(27)13-32-23(28)16-12-19(21-7-4-10-31-21)24-17-6-3-2-5-15(16)17/h2-12H,13H2,1H3,(H,25,27). The van der Waals surface area contributed by atoms with E-state index in [1.165, 1.54) is 24.5 Å². The SMILES string of the molecule is Cc1ccc(NC(=O)COC(=O)c2cc(-c3ccco3)nc3ccccc23)c([N+](=O)[O-])c1. The molecule has 0 aliphatic rings. The van der Waals surface area contributed by atoms with Crippen LogP contribution >= 0.6 is 0 Å². The third kappa shape index (κ3) is 4.31. The maximum Gasteiger partial charge on any atom is 0.339 e. The largest absolute Gasteiger partial charge is 0.463 e. The molecular formula is C23H17N3O6. The zero-order valence-corrected chi connectivity index (χ0v) is 16.9. The number of furan rings is 1. The molecule has 0 radical (unpaired) electrons. The number of pyridine rings is 1. The zero-order chi connectivity index (χ0) is 22.7. The van der Waals surface area contributed by atoms with Gasteiger partial charge < -0.3 is 14.5 Å². The van der Waals surface area contributed by atoms with Gasteiger partial charge in [-0.25, -0.2) is 9.78 Å². The van der Waals surface area contributed by atoms with E-state index in [1.54, 1.807) is 49.4 Å². The summed E-state index contributed by atoms with van der Waals surface area (Å²) in [6.45, 7) is 1.09. The molecule has 0 fully saturated rings. The summed E-state index contributed by atoms with van der Waals surface area (Å²) in [6.07, 6.45) is 1.50. The van der Waals surface area contributed by atoms with E-state index >= 15 is 0 Å². The number of carbonyl (C=O) groups is 2. The van der Waals surface area contributed by atoms with Gasteiger partial charge in [-0.2, -0.15) is 0 Å². The number of nitrogens with one attached hydrogen (secondary N) is 1. The normalized spacial score (nSPS) is 10.7. The van der Waals surface area contributed by atoms with Crippen molar-refractivity contribution in [2.45, 2.75) is 6.92 Å². The Bertz CT molecular complexity index is 1330. The van der Waals surface area contributed by atoms with Crippen LogP contribution in [0.2, 0.25) is 0 Å². The van der Waals surface area contributed by atoms with Crippen molar-refractivity contribution < 1.29 is 23.7 Å². The fourth-order valence-electron chi connectivity index (χ4n) is 3.19. The summed E-state index contributed by atoms with van der Waals surface area (Å²) in [7, 11) is 0. The zero-order valence-electron chi connectivity index (χ0n) is 16.9. The first-order valence-electron chi connectivity index (χ1n) is 9.58. The van der Waals surface area contributed by atoms with Crippen LogP contribution in [0.4, 0.5) is 11.4 Å². The molecule has 0 bridgehead atoms. The van der Waals surface area contributed by atoms with Crippen molar-refractivity contribution in [1.29, 1.82) is 0 Å². The fraction of sp³-hybridized carbons (Fsp3) is 0.0870. The van der Waals surface area contributed by atoms with Crippen molar-refractivity contribution in [3.8, 4) is 11.5 Å². The average Bonchev–Trinajstić information content (AvgIpc) is 3.33. The Hall–Kier alpha value is -4.53. The Labute approximate surface area is 181 Å². The number of fused-ring (bicyclic) bond motifs is 1. The molecule has 2 heterocycles. The summed E-state index contributed by atoms with van der Waals surface area (Å²) in [4.78, 5) is 40.2. The molecule has 0 saturated heterocycles. The number of rotatable bonds is 6. The highest BCUT2D eigenvalue weighted by atomic mass is 16.6. The van der Waals surface area contributed by atoms with Crippen LogP contribution in [0.1, 0.15) is 15.9 Å². The van der Waals surface area contributed by atoms with E-state index in [2.05, 4.69) is 10.3 Å². The quantitative estimate of drug-likeness (QED) is 0.271. The monoisotopic (exact) mass is 431 g/mol. The molecule has 1 amide bonds. The lowest BCUT2D eigenvalue weighted by molar-refractivity contribution is -0.384. The molecule has 0 spiro atoms. The lowest BCUT2D eigenvalue weighted by Gasteiger charge is -2.10. The first-order valence-corrected chi connectivity index (χ1v) is 9.58. The molecule has 0 unspecified atom stereocenters. The van der Waals surface area contributed by atoms with Crippen molar-refractivity contribution in [3.63, 3.8) is 0 Å². The maximum absolute atomic E-state index is 12.8. The minimum Gasteiger partial charge on any atom is -0.463 e. The van der Waals surface area contributed by atoms with Crippen LogP contribution in [0.15, 0.2) is 71.3 Å². The molecule has 2 aromatic heterocycles. The van der Waals surface area contributed by atoms with Crippen LogP contribution in [0.25, 0.3) is 22.4 Å². The van der Waals surface area contributed by atoms with E-state index in [0.717, 1.165) is 0 Å². The summed E-state index contributed by atoms with van der Waals surface area (Å²) in [6, 6.07) is 16.4. The number of para-hydroxylation sites is 1. The molecule has 160 valence electrons. The number of benzene rings is 2. The number of ether oxygens (including phenoxy) is 1. The molecule has 4 aromatic rings. The van der Waals surface area contributed by atoms with Gasteiger partial charge in [-0.05, 0) is 42.8 Å². The highest BCUT2D eigenvalue weighted by Gasteiger charge is 2.19. The van der Waals surface area contributed by atoms with Crippen LogP contribution < -0.4 is 5.32 Å². The molecular weight excluding hydrogens is 414 g/mol. The number of esters is 1. The molecule has 0 aliphatic heterocycles. The molecule has 0 aliphatic carbocycles. The summed E-state index contributed by atoms with van der Waals surface area (Å²) in [5, 5.41) is 14.2. The molecule has 0 saturated carbocycles. The van der Waals surface area contributed by atoms with Gasteiger partial charge in [-0.3, -0.25) is 14.9 Å². The summed E-state index contributed by atoms with van der Waals surface area (Å²) in [5.41, 5.74) is 1.69. The van der Waals surface area contributed by atoms with Gasteiger partial charge in [0.15, 0.2) is 12.4 Å². The Kier molecular flexibility index (Phi) is 5.63. The number of hydrogen-bond donors (Lipinski definition) is 1. The number of aromatic nitrogens is 1. The molecule has 0 atom stereocenters. The number of nitro benzene ring substituents is 1. The van der Waals surface area contributed by atoms with Crippen LogP contribution in [0.5, 0.6) is 0 Å². The van der Waals surface area contributed by atoms with Gasteiger partial charge >= 0.3 is 5.97 Å². The number of amides is 1. The first-order chi connectivity index (χ1) is 15.4. The molecule has 1 N–H and O–H groups in total. The van der Waals surface area contributed by atoms with Gasteiger partial charge in [0.1, 0.15) is 11.4 Å². The second-order valence-electron chi connectivity index (χ2n) is 6.95. The lowest BCUT2D eigenvalue weighted by Crippen LogP contribution is -2.21. The van der Waals surface area contributed by atoms with Crippen molar-refractivity contribution in [3.05, 3.63) is 88.2 Å². The molecule has 4 rings (SSSR count). The van der Waals surface area contributed by atoms with Gasteiger partial charge in [0.25, 0.3) is 11.6 Å². The van der Waals surface area contributed by atoms with Gasteiger partial charge in [0.2, 0.25) is 0 Å². The molecule has 2 aromatic carbocycles. The number of hydrogen-bond acceptors (Lipinski definition) is 7. The highest BCUT2D eigenvalue weighted by molar-refractivity contribution is 6.05. The Morgan fingerprint density at radius 3 is 2.69 bits per heavy atom. The van der Waals surface area contributed by atoms with E-state index in [1.807, 2.05) is 0 Å². The second-order valence-corrected chi connectivity index (χ2v) is 6.95. The number of aryl methyl sites for hydroxylation is 1. The van der Waals surface area contributed by atoms with Crippen LogP contribution in [-0.2, 0) is 9.53 Å². The third-order valence-electron chi connectivity index (χ3n) is 4.67. The Morgan fingerprint density at radius 1 is 1.12 bits per heavy atom. The number of anilines is 1. The molecule has 9 heteroatoms. The fourth-order valence-corrected chi connectivity index (χ4v) is 3.19. The summed E-state index contributed by atoms with van der Waals surface area (Å²) >= 11 is 0. The molecule has 9 nitrogen and oxygen atoms in total. The van der Waals surface area contributed by atoms with Crippen LogP contribution in [-0.4, -0.2) is 28.4 Å². The van der Waals surface area contributed by atoms with Gasteiger partial charge in [0.05, 0.1) is 22.3 Å². The number of nitrogens with zero attached hydrogens (tertiary/aromatic N) is 2. The minimum absolute atomic E-state index is 0.0242. The second kappa shape index (κ2) is 8.68. The van der Waals surface area contributed by atoms with Crippen molar-refractivity contribution in [1.82, 2.24) is 4.98 Å². The lowest BCUT2D eigenvalue weighted by atomic mass is 10.1. The predicted octanol–water partition coefficient (Wildman–Crippen LogP) is 4.51. The van der Waals surface area contributed by atoms with Crippen LogP contribution in [0, 0.1) is 17.0 Å². The van der Waals surface area contributed by atoms with E-state index in [9.17, 15) is 19.7 Å². The number of carbonyl (C=O) groups excluding carboxylic acids is 2. The first kappa shape index (κ1) is 20.7. The van der Waals surface area contributed by atoms with Crippen LogP contribution in [0.3, 0.4) is 0 Å². The van der Waals surface area contributed by atoms with Crippen molar-refractivity contribution in [2.75, 3.05) is 11.9 Å².